The van der Waals surface area contributed by atoms with Crippen molar-refractivity contribution in [1.29, 1.82) is 0 Å². The first kappa shape index (κ1) is 17.8. The highest BCUT2D eigenvalue weighted by Crippen LogP contribution is 2.20. The van der Waals surface area contributed by atoms with E-state index in [9.17, 15) is 14.0 Å². The summed E-state index contributed by atoms with van der Waals surface area (Å²) in [6.45, 7) is 0. The van der Waals surface area contributed by atoms with Crippen molar-refractivity contribution in [2.45, 2.75) is 0 Å². The van der Waals surface area contributed by atoms with Crippen molar-refractivity contribution in [3.05, 3.63) is 94.2 Å². The largest absolute Gasteiger partial charge is 0.322 e. The maximum Gasteiger partial charge on any atom is 0.255 e. The Labute approximate surface area is 158 Å². The average molecular weight is 413 g/mol. The highest BCUT2D eigenvalue weighted by molar-refractivity contribution is 9.10. The third-order valence-corrected chi connectivity index (χ3v) is 4.09. The van der Waals surface area contributed by atoms with Gasteiger partial charge in [-0.2, -0.15) is 0 Å². The second kappa shape index (κ2) is 7.93. The molecule has 0 aromatic heterocycles. The van der Waals surface area contributed by atoms with E-state index in [0.717, 1.165) is 0 Å². The Morgan fingerprint density at radius 1 is 0.769 bits per heavy atom. The Hall–Kier alpha value is -2.99. The lowest BCUT2D eigenvalue weighted by molar-refractivity contribution is 0.101. The minimum Gasteiger partial charge on any atom is -0.322 e. The molecule has 4 nitrogen and oxygen atoms in total. The SMILES string of the molecule is O=C(Nc1cccc(C(=O)Nc2ccc(Br)cc2F)c1)c1ccccc1. The predicted octanol–water partition coefficient (Wildman–Crippen LogP) is 5.09. The molecule has 2 N–H and O–H groups in total. The molecule has 3 aromatic carbocycles. The molecule has 0 atom stereocenters. The second-order valence-electron chi connectivity index (χ2n) is 5.48. The molecule has 0 radical (unpaired) electrons. The zero-order chi connectivity index (χ0) is 18.5. The number of benzene rings is 3. The molecule has 2 amide bonds. The molecule has 0 spiro atoms. The quantitative estimate of drug-likeness (QED) is 0.626. The smallest absolute Gasteiger partial charge is 0.255 e. The van der Waals surface area contributed by atoms with Crippen LogP contribution in [0.3, 0.4) is 0 Å². The summed E-state index contributed by atoms with van der Waals surface area (Å²) in [6, 6.07) is 19.6. The molecule has 130 valence electrons. The zero-order valence-electron chi connectivity index (χ0n) is 13.5. The van der Waals surface area contributed by atoms with Crippen LogP contribution in [-0.4, -0.2) is 11.8 Å². The molecule has 3 aromatic rings. The normalized spacial score (nSPS) is 10.2. The van der Waals surface area contributed by atoms with E-state index < -0.39 is 11.7 Å². The number of anilines is 2. The molecule has 0 aliphatic heterocycles. The van der Waals surface area contributed by atoms with E-state index in [0.29, 0.717) is 21.3 Å². The van der Waals surface area contributed by atoms with Gasteiger partial charge in [0.25, 0.3) is 11.8 Å². The van der Waals surface area contributed by atoms with Gasteiger partial charge in [0.15, 0.2) is 0 Å². The Kier molecular flexibility index (Phi) is 5.43. The molecule has 0 saturated carbocycles. The van der Waals surface area contributed by atoms with Crippen molar-refractivity contribution < 1.29 is 14.0 Å². The molecule has 3 rings (SSSR count). The zero-order valence-corrected chi connectivity index (χ0v) is 15.1. The molecular weight excluding hydrogens is 399 g/mol. The van der Waals surface area contributed by atoms with Crippen LogP contribution in [0, 0.1) is 5.82 Å². The lowest BCUT2D eigenvalue weighted by Gasteiger charge is -2.09. The molecular formula is C20H14BrFN2O2. The number of carbonyl (C=O) groups excluding carboxylic acids is 2. The highest BCUT2D eigenvalue weighted by Gasteiger charge is 2.11. The topological polar surface area (TPSA) is 58.2 Å². The standard InChI is InChI=1S/C20H14BrFN2O2/c21-15-9-10-18(17(22)12-15)24-20(26)14-7-4-8-16(11-14)23-19(25)13-5-2-1-3-6-13/h1-12H,(H,23,25)(H,24,26). The van der Waals surface area contributed by atoms with Gasteiger partial charge in [-0.1, -0.05) is 40.2 Å². The average Bonchev–Trinajstić information content (AvgIpc) is 2.65. The highest BCUT2D eigenvalue weighted by atomic mass is 79.9. The third kappa shape index (κ3) is 4.34. The van der Waals surface area contributed by atoms with Crippen molar-refractivity contribution in [2.75, 3.05) is 10.6 Å². The monoisotopic (exact) mass is 412 g/mol. The van der Waals surface area contributed by atoms with Crippen LogP contribution in [0.5, 0.6) is 0 Å². The molecule has 0 saturated heterocycles. The summed E-state index contributed by atoms with van der Waals surface area (Å²) in [5, 5.41) is 5.26. The fourth-order valence-electron chi connectivity index (χ4n) is 2.32. The molecule has 0 unspecified atom stereocenters. The molecule has 0 aliphatic carbocycles. The number of carbonyl (C=O) groups is 2. The van der Waals surface area contributed by atoms with Crippen LogP contribution in [0.4, 0.5) is 15.8 Å². The van der Waals surface area contributed by atoms with Gasteiger partial charge in [0.05, 0.1) is 5.69 Å². The van der Waals surface area contributed by atoms with Gasteiger partial charge in [0.2, 0.25) is 0 Å². The summed E-state index contributed by atoms with van der Waals surface area (Å²) in [5.41, 5.74) is 1.37. The van der Waals surface area contributed by atoms with Crippen molar-refractivity contribution in [1.82, 2.24) is 0 Å². The van der Waals surface area contributed by atoms with Crippen LogP contribution in [0.2, 0.25) is 0 Å². The second-order valence-corrected chi connectivity index (χ2v) is 6.39. The van der Waals surface area contributed by atoms with E-state index in [1.165, 1.54) is 18.2 Å². The fraction of sp³-hybridized carbons (Fsp3) is 0. The number of hydrogen-bond acceptors (Lipinski definition) is 2. The molecule has 0 aliphatic rings. The Morgan fingerprint density at radius 3 is 2.19 bits per heavy atom. The molecule has 0 fully saturated rings. The van der Waals surface area contributed by atoms with E-state index in [1.54, 1.807) is 48.5 Å². The number of amides is 2. The Morgan fingerprint density at radius 2 is 1.46 bits per heavy atom. The van der Waals surface area contributed by atoms with Gasteiger partial charge in [-0.05, 0) is 48.5 Å². The van der Waals surface area contributed by atoms with E-state index in [2.05, 4.69) is 26.6 Å². The van der Waals surface area contributed by atoms with Crippen LogP contribution in [0.25, 0.3) is 0 Å². The first-order valence-corrected chi connectivity index (χ1v) is 8.55. The van der Waals surface area contributed by atoms with Crippen molar-refractivity contribution in [2.24, 2.45) is 0 Å². The number of halogens is 2. The van der Waals surface area contributed by atoms with E-state index in [-0.39, 0.29) is 11.6 Å². The van der Waals surface area contributed by atoms with E-state index in [4.69, 9.17) is 0 Å². The van der Waals surface area contributed by atoms with Crippen molar-refractivity contribution in [3.8, 4) is 0 Å². The van der Waals surface area contributed by atoms with Crippen LogP contribution < -0.4 is 10.6 Å². The maximum absolute atomic E-state index is 13.9. The predicted molar refractivity (Wildman–Crippen MR) is 103 cm³/mol. The summed E-state index contributed by atoms with van der Waals surface area (Å²) in [4.78, 5) is 24.6. The van der Waals surface area contributed by atoms with Gasteiger partial charge >= 0.3 is 0 Å². The number of hydrogen-bond donors (Lipinski definition) is 2. The molecule has 0 bridgehead atoms. The molecule has 6 heteroatoms. The van der Waals surface area contributed by atoms with Crippen LogP contribution >= 0.6 is 15.9 Å². The number of nitrogens with one attached hydrogen (secondary N) is 2. The number of rotatable bonds is 4. The van der Waals surface area contributed by atoms with Crippen LogP contribution in [0.1, 0.15) is 20.7 Å². The molecule has 0 heterocycles. The Balaban J connectivity index is 1.74. The summed E-state index contributed by atoms with van der Waals surface area (Å²) in [6.07, 6.45) is 0. The van der Waals surface area contributed by atoms with Gasteiger partial charge in [-0.15, -0.1) is 0 Å². The minimum atomic E-state index is -0.541. The minimum absolute atomic E-state index is 0.0805. The summed E-state index contributed by atoms with van der Waals surface area (Å²) < 4.78 is 14.4. The van der Waals surface area contributed by atoms with Gasteiger partial charge in [0, 0.05) is 21.3 Å². The van der Waals surface area contributed by atoms with Crippen LogP contribution in [-0.2, 0) is 0 Å². The van der Waals surface area contributed by atoms with Crippen molar-refractivity contribution >= 4 is 39.1 Å². The van der Waals surface area contributed by atoms with Crippen LogP contribution in [0.15, 0.2) is 77.3 Å². The third-order valence-electron chi connectivity index (χ3n) is 3.60. The Bertz CT molecular complexity index is 961. The summed E-state index contributed by atoms with van der Waals surface area (Å²) in [7, 11) is 0. The molecule has 26 heavy (non-hydrogen) atoms. The first-order chi connectivity index (χ1) is 12.5. The van der Waals surface area contributed by atoms with Gasteiger partial charge in [0.1, 0.15) is 5.82 Å². The lowest BCUT2D eigenvalue weighted by Crippen LogP contribution is -2.15. The van der Waals surface area contributed by atoms with Crippen molar-refractivity contribution in [3.63, 3.8) is 0 Å². The van der Waals surface area contributed by atoms with Gasteiger partial charge in [-0.25, -0.2) is 4.39 Å². The first-order valence-electron chi connectivity index (χ1n) is 7.76. The maximum atomic E-state index is 13.9. The van der Waals surface area contributed by atoms with Gasteiger partial charge in [-0.3, -0.25) is 9.59 Å². The van der Waals surface area contributed by atoms with E-state index >= 15 is 0 Å². The lowest BCUT2D eigenvalue weighted by atomic mass is 10.1. The van der Waals surface area contributed by atoms with Gasteiger partial charge < -0.3 is 10.6 Å². The van der Waals surface area contributed by atoms with E-state index in [1.807, 2.05) is 6.07 Å². The summed E-state index contributed by atoms with van der Waals surface area (Å²) in [5.74, 6) is -1.29. The summed E-state index contributed by atoms with van der Waals surface area (Å²) >= 11 is 3.17. The fourth-order valence-corrected chi connectivity index (χ4v) is 2.65.